The fourth-order valence-corrected chi connectivity index (χ4v) is 4.11. The van der Waals surface area contributed by atoms with Crippen LogP contribution in [0.25, 0.3) is 5.65 Å². The standard InChI is InChI=1S/C17H20N4OS/c1-12-14(21-10-6-5-9-15(21)18-12)11-23-17-20-19-16(22-17)13-7-3-2-4-8-13/h5-6,9-10,13H,2-4,7-8,11H2,1H3. The fraction of sp³-hybridized carbons (Fsp3) is 0.471. The van der Waals surface area contributed by atoms with Crippen molar-refractivity contribution in [1.29, 1.82) is 0 Å². The Kier molecular flexibility index (Phi) is 4.08. The minimum Gasteiger partial charge on any atom is -0.416 e. The van der Waals surface area contributed by atoms with Crippen LogP contribution in [0.4, 0.5) is 0 Å². The number of hydrogen-bond donors (Lipinski definition) is 0. The van der Waals surface area contributed by atoms with Crippen molar-refractivity contribution in [3.8, 4) is 0 Å². The average molecular weight is 328 g/mol. The second-order valence-corrected chi connectivity index (χ2v) is 7.03. The number of nitrogens with zero attached hydrogens (tertiary/aromatic N) is 4. The lowest BCUT2D eigenvalue weighted by molar-refractivity contribution is 0.334. The molecule has 0 saturated heterocycles. The van der Waals surface area contributed by atoms with Gasteiger partial charge >= 0.3 is 0 Å². The molecule has 0 N–H and O–H groups in total. The molecule has 3 aromatic heterocycles. The van der Waals surface area contributed by atoms with E-state index >= 15 is 0 Å². The molecule has 120 valence electrons. The summed E-state index contributed by atoms with van der Waals surface area (Å²) >= 11 is 1.59. The van der Waals surface area contributed by atoms with Crippen LogP contribution in [0.2, 0.25) is 0 Å². The van der Waals surface area contributed by atoms with Crippen molar-refractivity contribution in [2.24, 2.45) is 0 Å². The Hall–Kier alpha value is -1.82. The highest BCUT2D eigenvalue weighted by Gasteiger charge is 2.21. The zero-order valence-electron chi connectivity index (χ0n) is 13.2. The number of thioether (sulfide) groups is 1. The highest BCUT2D eigenvalue weighted by Crippen LogP contribution is 2.33. The summed E-state index contributed by atoms with van der Waals surface area (Å²) in [7, 11) is 0. The van der Waals surface area contributed by atoms with Crippen LogP contribution >= 0.6 is 11.8 Å². The third kappa shape index (κ3) is 3.00. The van der Waals surface area contributed by atoms with E-state index in [0.717, 1.165) is 23.0 Å². The number of aryl methyl sites for hydroxylation is 1. The molecule has 0 unspecified atom stereocenters. The van der Waals surface area contributed by atoms with Gasteiger partial charge in [-0.25, -0.2) is 4.98 Å². The van der Waals surface area contributed by atoms with Gasteiger partial charge in [-0.3, -0.25) is 0 Å². The maximum Gasteiger partial charge on any atom is 0.276 e. The van der Waals surface area contributed by atoms with Crippen molar-refractivity contribution in [2.45, 2.75) is 55.9 Å². The molecule has 1 fully saturated rings. The number of hydrogen-bond acceptors (Lipinski definition) is 5. The molecule has 1 aliphatic carbocycles. The van der Waals surface area contributed by atoms with Crippen LogP contribution in [0.3, 0.4) is 0 Å². The lowest BCUT2D eigenvalue weighted by Gasteiger charge is -2.17. The van der Waals surface area contributed by atoms with E-state index in [1.165, 1.54) is 37.8 Å². The summed E-state index contributed by atoms with van der Waals surface area (Å²) < 4.78 is 8.01. The van der Waals surface area contributed by atoms with E-state index in [2.05, 4.69) is 19.6 Å². The summed E-state index contributed by atoms with van der Waals surface area (Å²) in [5, 5.41) is 9.14. The van der Waals surface area contributed by atoms with Gasteiger partial charge in [0.05, 0.1) is 11.4 Å². The molecule has 3 heterocycles. The second kappa shape index (κ2) is 6.35. The van der Waals surface area contributed by atoms with E-state index in [0.29, 0.717) is 11.1 Å². The summed E-state index contributed by atoms with van der Waals surface area (Å²) in [4.78, 5) is 4.59. The summed E-state index contributed by atoms with van der Waals surface area (Å²) in [5.74, 6) is 2.06. The maximum absolute atomic E-state index is 5.88. The summed E-state index contributed by atoms with van der Waals surface area (Å²) in [6.45, 7) is 2.05. The molecule has 0 aliphatic heterocycles. The highest BCUT2D eigenvalue weighted by molar-refractivity contribution is 7.98. The predicted octanol–water partition coefficient (Wildman–Crippen LogP) is 4.37. The third-order valence-corrected chi connectivity index (χ3v) is 5.37. The van der Waals surface area contributed by atoms with Crippen LogP contribution in [0.1, 0.15) is 55.3 Å². The van der Waals surface area contributed by atoms with Crippen molar-refractivity contribution in [2.75, 3.05) is 0 Å². The first kappa shape index (κ1) is 14.8. The van der Waals surface area contributed by atoms with Gasteiger partial charge in [0.25, 0.3) is 5.22 Å². The average Bonchev–Trinajstić information content (AvgIpc) is 3.18. The molecule has 5 nitrogen and oxygen atoms in total. The lowest BCUT2D eigenvalue weighted by Crippen LogP contribution is -2.04. The van der Waals surface area contributed by atoms with Crippen LogP contribution in [0.5, 0.6) is 0 Å². The molecule has 0 atom stereocenters. The van der Waals surface area contributed by atoms with Crippen LogP contribution in [-0.2, 0) is 5.75 Å². The van der Waals surface area contributed by atoms with E-state index in [9.17, 15) is 0 Å². The largest absolute Gasteiger partial charge is 0.416 e. The molecule has 0 aromatic carbocycles. The molecule has 3 aromatic rings. The van der Waals surface area contributed by atoms with E-state index in [1.54, 1.807) is 11.8 Å². The van der Waals surface area contributed by atoms with Crippen molar-refractivity contribution in [1.82, 2.24) is 19.6 Å². The number of pyridine rings is 1. The van der Waals surface area contributed by atoms with Gasteiger partial charge in [0, 0.05) is 17.9 Å². The van der Waals surface area contributed by atoms with E-state index in [4.69, 9.17) is 4.42 Å². The lowest BCUT2D eigenvalue weighted by atomic mass is 9.89. The molecule has 4 rings (SSSR count). The van der Waals surface area contributed by atoms with Gasteiger partial charge in [0.15, 0.2) is 0 Å². The molecule has 0 spiro atoms. The molecule has 1 saturated carbocycles. The van der Waals surface area contributed by atoms with Gasteiger partial charge in [0.1, 0.15) is 5.65 Å². The number of rotatable bonds is 4. The van der Waals surface area contributed by atoms with Crippen molar-refractivity contribution in [3.63, 3.8) is 0 Å². The molecular formula is C17H20N4OS. The topological polar surface area (TPSA) is 56.2 Å². The number of imidazole rings is 1. The van der Waals surface area contributed by atoms with E-state index < -0.39 is 0 Å². The Bertz CT molecular complexity index is 804. The monoisotopic (exact) mass is 328 g/mol. The summed E-state index contributed by atoms with van der Waals surface area (Å²) in [5.41, 5.74) is 3.22. The van der Waals surface area contributed by atoms with Crippen molar-refractivity contribution in [3.05, 3.63) is 41.7 Å². The maximum atomic E-state index is 5.88. The van der Waals surface area contributed by atoms with Crippen LogP contribution in [0.15, 0.2) is 34.0 Å². The Labute approximate surface area is 139 Å². The third-order valence-electron chi connectivity index (χ3n) is 4.54. The smallest absolute Gasteiger partial charge is 0.276 e. The van der Waals surface area contributed by atoms with Gasteiger partial charge in [-0.1, -0.05) is 37.1 Å². The Morgan fingerprint density at radius 1 is 1.22 bits per heavy atom. The summed E-state index contributed by atoms with van der Waals surface area (Å²) in [6, 6.07) is 6.05. The SMILES string of the molecule is Cc1nc2ccccn2c1CSc1nnc(C2CCCCC2)o1. The highest BCUT2D eigenvalue weighted by atomic mass is 32.2. The quantitative estimate of drug-likeness (QED) is 0.666. The fourth-order valence-electron chi connectivity index (χ4n) is 3.26. The van der Waals surface area contributed by atoms with Gasteiger partial charge < -0.3 is 8.82 Å². The first-order chi connectivity index (χ1) is 11.3. The Morgan fingerprint density at radius 2 is 2.09 bits per heavy atom. The zero-order chi connectivity index (χ0) is 15.6. The molecule has 23 heavy (non-hydrogen) atoms. The minimum absolute atomic E-state index is 0.461. The second-order valence-electron chi connectivity index (χ2n) is 6.10. The summed E-state index contributed by atoms with van der Waals surface area (Å²) in [6.07, 6.45) is 8.29. The normalized spacial score (nSPS) is 16.2. The first-order valence-electron chi connectivity index (χ1n) is 8.20. The van der Waals surface area contributed by atoms with Crippen LogP contribution in [0, 0.1) is 6.92 Å². The number of aromatic nitrogens is 4. The van der Waals surface area contributed by atoms with Crippen molar-refractivity contribution < 1.29 is 4.42 Å². The molecule has 0 amide bonds. The van der Waals surface area contributed by atoms with Crippen LogP contribution < -0.4 is 0 Å². The van der Waals surface area contributed by atoms with Gasteiger partial charge in [-0.2, -0.15) is 0 Å². The Balaban J connectivity index is 1.48. The predicted molar refractivity (Wildman–Crippen MR) is 89.6 cm³/mol. The van der Waals surface area contributed by atoms with Gasteiger partial charge in [0.2, 0.25) is 5.89 Å². The zero-order valence-corrected chi connectivity index (χ0v) is 14.1. The Morgan fingerprint density at radius 3 is 2.96 bits per heavy atom. The minimum atomic E-state index is 0.461. The van der Waals surface area contributed by atoms with Gasteiger partial charge in [-0.05, 0) is 31.9 Å². The van der Waals surface area contributed by atoms with E-state index in [-0.39, 0.29) is 0 Å². The molecular weight excluding hydrogens is 308 g/mol. The molecule has 6 heteroatoms. The van der Waals surface area contributed by atoms with Gasteiger partial charge in [-0.15, -0.1) is 10.2 Å². The van der Waals surface area contributed by atoms with Crippen molar-refractivity contribution >= 4 is 17.4 Å². The molecule has 1 aliphatic rings. The molecule has 0 bridgehead atoms. The first-order valence-corrected chi connectivity index (χ1v) is 9.18. The number of fused-ring (bicyclic) bond motifs is 1. The molecule has 0 radical (unpaired) electrons. The van der Waals surface area contributed by atoms with E-state index in [1.807, 2.05) is 31.3 Å². The van der Waals surface area contributed by atoms with Crippen LogP contribution in [-0.4, -0.2) is 19.6 Å².